The molecular formula is C20H22FN7O2. The van der Waals surface area contributed by atoms with Gasteiger partial charge in [-0.3, -0.25) is 0 Å². The maximum atomic E-state index is 13.8. The summed E-state index contributed by atoms with van der Waals surface area (Å²) >= 11 is 0. The molecule has 5 rings (SSSR count). The molecule has 0 bridgehead atoms. The molecule has 2 aliphatic rings. The number of hydrogen-bond donors (Lipinski definition) is 2. The third-order valence-corrected chi connectivity index (χ3v) is 4.88. The van der Waals surface area contributed by atoms with E-state index in [1.54, 1.807) is 23.0 Å². The second kappa shape index (κ2) is 6.91. The molecule has 156 valence electrons. The van der Waals surface area contributed by atoms with Crippen molar-refractivity contribution in [2.45, 2.75) is 51.5 Å². The van der Waals surface area contributed by atoms with Crippen LogP contribution in [-0.2, 0) is 4.84 Å². The summed E-state index contributed by atoms with van der Waals surface area (Å²) < 4.78 is 21.4. The van der Waals surface area contributed by atoms with Crippen LogP contribution in [0.4, 0.5) is 10.2 Å². The van der Waals surface area contributed by atoms with Crippen LogP contribution in [0, 0.1) is 5.82 Å². The van der Waals surface area contributed by atoms with E-state index in [0.717, 1.165) is 18.4 Å². The normalized spacial score (nSPS) is 18.7. The number of hydroxylamine groups is 1. The van der Waals surface area contributed by atoms with Crippen molar-refractivity contribution in [2.75, 3.05) is 5.32 Å². The van der Waals surface area contributed by atoms with Crippen LogP contribution in [0.25, 0.3) is 5.65 Å². The molecule has 0 saturated heterocycles. The summed E-state index contributed by atoms with van der Waals surface area (Å²) in [6, 6.07) is 2.98. The van der Waals surface area contributed by atoms with Gasteiger partial charge in [0.05, 0.1) is 24.0 Å². The first-order chi connectivity index (χ1) is 14.4. The Kier molecular flexibility index (Phi) is 4.31. The minimum atomic E-state index is -0.656. The molecule has 30 heavy (non-hydrogen) atoms. The van der Waals surface area contributed by atoms with Crippen molar-refractivity contribution >= 4 is 17.3 Å². The van der Waals surface area contributed by atoms with Gasteiger partial charge in [-0.2, -0.15) is 5.10 Å². The monoisotopic (exact) mass is 411 g/mol. The van der Waals surface area contributed by atoms with Gasteiger partial charge in [0.1, 0.15) is 17.7 Å². The molecule has 0 radical (unpaired) electrons. The fourth-order valence-electron chi connectivity index (χ4n) is 3.21. The molecule has 4 heterocycles. The fraction of sp³-hybridized carbons (Fsp3) is 0.400. The number of amidine groups is 1. The molecule has 0 aromatic carbocycles. The van der Waals surface area contributed by atoms with Crippen LogP contribution in [0.1, 0.15) is 50.8 Å². The van der Waals surface area contributed by atoms with E-state index in [9.17, 15) is 4.39 Å². The summed E-state index contributed by atoms with van der Waals surface area (Å²) in [7, 11) is 0. The highest BCUT2D eigenvalue weighted by molar-refractivity contribution is 6.03. The molecule has 0 spiro atoms. The lowest BCUT2D eigenvalue weighted by Gasteiger charge is -2.18. The summed E-state index contributed by atoms with van der Waals surface area (Å²) in [4.78, 5) is 18.8. The maximum absolute atomic E-state index is 13.8. The summed E-state index contributed by atoms with van der Waals surface area (Å²) in [5.74, 6) is 1.23. The van der Waals surface area contributed by atoms with Crippen LogP contribution >= 0.6 is 0 Å². The molecule has 2 N–H and O–H groups in total. The Morgan fingerprint density at radius 2 is 2.20 bits per heavy atom. The van der Waals surface area contributed by atoms with Crippen LogP contribution in [0.3, 0.4) is 0 Å². The van der Waals surface area contributed by atoms with Gasteiger partial charge >= 0.3 is 0 Å². The molecule has 1 atom stereocenters. The van der Waals surface area contributed by atoms with E-state index < -0.39 is 11.5 Å². The van der Waals surface area contributed by atoms with Crippen LogP contribution in [0.15, 0.2) is 35.7 Å². The number of ether oxygens (including phenoxy) is 1. The SMILES string of the molecule is C[C@@H](Nc1ccn2ncc(C3=NC(C)(C)ON3)c2n1)c1cc(F)cnc1OC1CC1. The molecule has 1 fully saturated rings. The predicted molar refractivity (Wildman–Crippen MR) is 108 cm³/mol. The fourth-order valence-corrected chi connectivity index (χ4v) is 3.21. The third-order valence-electron chi connectivity index (χ3n) is 4.88. The van der Waals surface area contributed by atoms with E-state index >= 15 is 0 Å². The number of aliphatic imine (C=N–C) groups is 1. The highest BCUT2D eigenvalue weighted by Gasteiger charge is 2.29. The first-order valence-electron chi connectivity index (χ1n) is 9.85. The Hall–Kier alpha value is -3.27. The van der Waals surface area contributed by atoms with Crippen LogP contribution < -0.4 is 15.5 Å². The summed E-state index contributed by atoms with van der Waals surface area (Å²) in [6.07, 6.45) is 6.83. The van der Waals surface area contributed by atoms with Crippen molar-refractivity contribution in [3.05, 3.63) is 47.7 Å². The van der Waals surface area contributed by atoms with Gasteiger partial charge in [0.25, 0.3) is 0 Å². The van der Waals surface area contributed by atoms with E-state index in [-0.39, 0.29) is 12.1 Å². The van der Waals surface area contributed by atoms with Crippen LogP contribution in [0.5, 0.6) is 5.88 Å². The Morgan fingerprint density at radius 1 is 1.37 bits per heavy atom. The average molecular weight is 411 g/mol. The summed E-state index contributed by atoms with van der Waals surface area (Å²) in [6.45, 7) is 5.63. The molecule has 3 aromatic rings. The molecule has 10 heteroatoms. The highest BCUT2D eigenvalue weighted by Crippen LogP contribution is 2.32. The molecule has 1 aliphatic carbocycles. The molecule has 0 amide bonds. The largest absolute Gasteiger partial charge is 0.474 e. The first kappa shape index (κ1) is 18.7. The average Bonchev–Trinajstić information content (AvgIpc) is 3.31. The van der Waals surface area contributed by atoms with Gasteiger partial charge in [-0.05, 0) is 45.7 Å². The Labute approximate surface area is 172 Å². The number of nitrogens with zero attached hydrogens (tertiary/aromatic N) is 5. The smallest absolute Gasteiger partial charge is 0.219 e. The highest BCUT2D eigenvalue weighted by atomic mass is 19.1. The minimum Gasteiger partial charge on any atom is -0.474 e. The van der Waals surface area contributed by atoms with Crippen molar-refractivity contribution in [1.82, 2.24) is 25.1 Å². The lowest BCUT2D eigenvalue weighted by molar-refractivity contribution is -0.0269. The van der Waals surface area contributed by atoms with Gasteiger partial charge in [0.2, 0.25) is 5.88 Å². The van der Waals surface area contributed by atoms with Gasteiger partial charge in [0.15, 0.2) is 17.2 Å². The number of halogens is 1. The molecule has 1 aliphatic heterocycles. The van der Waals surface area contributed by atoms with Crippen molar-refractivity contribution in [3.8, 4) is 5.88 Å². The Morgan fingerprint density at radius 3 is 2.93 bits per heavy atom. The number of hydrogen-bond acceptors (Lipinski definition) is 8. The van der Waals surface area contributed by atoms with Gasteiger partial charge in [-0.15, -0.1) is 0 Å². The van der Waals surface area contributed by atoms with Gasteiger partial charge in [0, 0.05) is 11.8 Å². The number of pyridine rings is 1. The molecular weight excluding hydrogens is 389 g/mol. The van der Waals surface area contributed by atoms with Crippen molar-refractivity contribution in [1.29, 1.82) is 0 Å². The lowest BCUT2D eigenvalue weighted by atomic mass is 10.1. The second-order valence-corrected chi connectivity index (χ2v) is 7.98. The minimum absolute atomic E-state index is 0.170. The van der Waals surface area contributed by atoms with Crippen LogP contribution in [-0.4, -0.2) is 37.2 Å². The predicted octanol–water partition coefficient (Wildman–Crippen LogP) is 3.00. The summed E-state index contributed by atoms with van der Waals surface area (Å²) in [5.41, 5.74) is 4.17. The molecule has 9 nitrogen and oxygen atoms in total. The van der Waals surface area contributed by atoms with Crippen molar-refractivity contribution in [3.63, 3.8) is 0 Å². The van der Waals surface area contributed by atoms with Crippen molar-refractivity contribution in [2.24, 2.45) is 4.99 Å². The van der Waals surface area contributed by atoms with E-state index in [4.69, 9.17) is 9.57 Å². The Balaban J connectivity index is 1.43. The second-order valence-electron chi connectivity index (χ2n) is 7.98. The topological polar surface area (TPSA) is 98.0 Å². The number of nitrogens with one attached hydrogen (secondary N) is 2. The van der Waals surface area contributed by atoms with E-state index in [1.807, 2.05) is 20.8 Å². The maximum Gasteiger partial charge on any atom is 0.219 e. The van der Waals surface area contributed by atoms with Crippen molar-refractivity contribution < 1.29 is 14.0 Å². The van der Waals surface area contributed by atoms with Gasteiger partial charge < -0.3 is 10.1 Å². The van der Waals surface area contributed by atoms with E-state index in [1.165, 1.54) is 12.3 Å². The zero-order valence-corrected chi connectivity index (χ0v) is 16.9. The zero-order chi connectivity index (χ0) is 20.9. The first-order valence-corrected chi connectivity index (χ1v) is 9.85. The number of anilines is 1. The number of fused-ring (bicyclic) bond motifs is 1. The third kappa shape index (κ3) is 3.65. The van der Waals surface area contributed by atoms with E-state index in [2.05, 4.69) is 30.9 Å². The van der Waals surface area contributed by atoms with E-state index in [0.29, 0.717) is 28.7 Å². The molecule has 3 aromatic heterocycles. The van der Waals surface area contributed by atoms with Gasteiger partial charge in [-0.1, -0.05) is 0 Å². The Bertz CT molecular complexity index is 1140. The van der Waals surface area contributed by atoms with Gasteiger partial charge in [-0.25, -0.2) is 34.2 Å². The summed E-state index contributed by atoms with van der Waals surface area (Å²) in [5, 5.41) is 7.63. The quantitative estimate of drug-likeness (QED) is 0.643. The lowest BCUT2D eigenvalue weighted by Crippen LogP contribution is -2.23. The zero-order valence-electron chi connectivity index (χ0n) is 16.9. The number of rotatable bonds is 6. The molecule has 1 saturated carbocycles. The number of aromatic nitrogens is 4. The standard InChI is InChI=1S/C20H22FN7O2/c1-11(14-8-12(21)9-22-19(14)29-13-4-5-13)24-16-6-7-28-18(25-16)15(10-23-28)17-26-20(2,3)30-27-17/h6-11,13H,4-5H2,1-3H3,(H,24,25)(H,26,27)/t11-/m1/s1. The molecule has 0 unspecified atom stereocenters. The van der Waals surface area contributed by atoms with Crippen LogP contribution in [0.2, 0.25) is 0 Å².